The quantitative estimate of drug-likeness (QED) is 0.782. The lowest BCUT2D eigenvalue weighted by Gasteiger charge is -2.18. The average molecular weight is 276 g/mol. The third kappa shape index (κ3) is 2.20. The summed E-state index contributed by atoms with van der Waals surface area (Å²) < 4.78 is 1.24. The minimum absolute atomic E-state index is 0.727. The Labute approximate surface area is 86.9 Å². The zero-order valence-corrected chi connectivity index (χ0v) is 9.71. The molecule has 0 fully saturated rings. The lowest BCUT2D eigenvalue weighted by Crippen LogP contribution is -2.15. The van der Waals surface area contributed by atoms with Crippen LogP contribution in [0.3, 0.4) is 0 Å². The molecule has 0 saturated carbocycles. The fourth-order valence-electron chi connectivity index (χ4n) is 1.03. The van der Waals surface area contributed by atoms with Gasteiger partial charge in [-0.3, -0.25) is 0 Å². The summed E-state index contributed by atoms with van der Waals surface area (Å²) in [5, 5.41) is 9.70. The minimum Gasteiger partial charge on any atom is -0.386 e. The first-order valence-corrected chi connectivity index (χ1v) is 4.98. The summed E-state index contributed by atoms with van der Waals surface area (Å²) in [6.07, 6.45) is 0. The van der Waals surface area contributed by atoms with Gasteiger partial charge in [0.15, 0.2) is 0 Å². The van der Waals surface area contributed by atoms with E-state index in [-0.39, 0.29) is 0 Å². The molecule has 1 aromatic carbocycles. The van der Waals surface area contributed by atoms with Gasteiger partial charge in [-0.15, -0.1) is 0 Å². The van der Waals surface area contributed by atoms with Crippen LogP contribution in [-0.4, -0.2) is 5.11 Å². The average Bonchev–Trinajstić information content (AvgIpc) is 1.92. The summed E-state index contributed by atoms with van der Waals surface area (Å²) in [6.45, 7) is 5.65. The summed E-state index contributed by atoms with van der Waals surface area (Å²) in [5.74, 6) is 0. The highest BCUT2D eigenvalue weighted by atomic mass is 127. The van der Waals surface area contributed by atoms with Gasteiger partial charge in [0.2, 0.25) is 0 Å². The molecule has 0 aliphatic heterocycles. The molecule has 0 atom stereocenters. The molecule has 0 aliphatic carbocycles. The van der Waals surface area contributed by atoms with E-state index in [1.807, 2.05) is 18.2 Å². The molecule has 1 N–H and O–H groups in total. The zero-order chi connectivity index (χ0) is 9.35. The zero-order valence-electron chi connectivity index (χ0n) is 7.56. The van der Waals surface area contributed by atoms with Crippen molar-refractivity contribution >= 4 is 22.6 Å². The van der Waals surface area contributed by atoms with Crippen LogP contribution in [-0.2, 0) is 5.60 Å². The molecule has 0 bridgehead atoms. The summed E-state index contributed by atoms with van der Waals surface area (Å²) >= 11 is 2.29. The number of benzene rings is 1. The van der Waals surface area contributed by atoms with Crippen LogP contribution < -0.4 is 0 Å². The van der Waals surface area contributed by atoms with Gasteiger partial charge >= 0.3 is 0 Å². The molecule has 0 saturated heterocycles. The number of aliphatic hydroxyl groups is 1. The Bertz CT molecular complexity index is 286. The molecular formula is C10H13IO. The second-order valence-electron chi connectivity index (χ2n) is 3.52. The molecule has 0 amide bonds. The van der Waals surface area contributed by atoms with Crippen LogP contribution >= 0.6 is 22.6 Å². The number of hydrogen-bond acceptors (Lipinski definition) is 1. The topological polar surface area (TPSA) is 20.2 Å². The lowest BCUT2D eigenvalue weighted by molar-refractivity contribution is 0.0785. The molecule has 1 nitrogen and oxygen atoms in total. The van der Waals surface area contributed by atoms with Crippen molar-refractivity contribution in [3.63, 3.8) is 0 Å². The Balaban J connectivity index is 3.14. The van der Waals surface area contributed by atoms with Crippen molar-refractivity contribution in [1.82, 2.24) is 0 Å². The maximum Gasteiger partial charge on any atom is 0.0840 e. The summed E-state index contributed by atoms with van der Waals surface area (Å²) in [7, 11) is 0. The largest absolute Gasteiger partial charge is 0.386 e. The van der Waals surface area contributed by atoms with E-state index in [9.17, 15) is 5.11 Å². The first-order chi connectivity index (χ1) is 5.41. The Morgan fingerprint density at radius 2 is 1.92 bits per heavy atom. The SMILES string of the molecule is Cc1cc(C(C)(C)O)ccc1I. The first-order valence-electron chi connectivity index (χ1n) is 3.90. The van der Waals surface area contributed by atoms with Crippen molar-refractivity contribution in [2.45, 2.75) is 26.4 Å². The van der Waals surface area contributed by atoms with E-state index in [4.69, 9.17) is 0 Å². The third-order valence-electron chi connectivity index (χ3n) is 1.86. The standard InChI is InChI=1S/C10H13IO/c1-7-6-8(10(2,3)12)4-5-9(7)11/h4-6,12H,1-3H3. The number of rotatable bonds is 1. The van der Waals surface area contributed by atoms with Gasteiger partial charge in [-0.05, 0) is 60.6 Å². The Morgan fingerprint density at radius 1 is 1.33 bits per heavy atom. The van der Waals surface area contributed by atoms with Gasteiger partial charge < -0.3 is 5.11 Å². The molecule has 1 aromatic rings. The van der Waals surface area contributed by atoms with E-state index in [1.54, 1.807) is 13.8 Å². The maximum atomic E-state index is 9.70. The summed E-state index contributed by atoms with van der Waals surface area (Å²) in [6, 6.07) is 6.03. The van der Waals surface area contributed by atoms with Crippen molar-refractivity contribution in [3.05, 3.63) is 32.9 Å². The molecule has 1 rings (SSSR count). The van der Waals surface area contributed by atoms with Crippen LogP contribution in [0.25, 0.3) is 0 Å². The van der Waals surface area contributed by atoms with E-state index in [0.717, 1.165) is 5.56 Å². The van der Waals surface area contributed by atoms with Gasteiger partial charge in [0, 0.05) is 3.57 Å². The Morgan fingerprint density at radius 3 is 2.33 bits per heavy atom. The van der Waals surface area contributed by atoms with Crippen molar-refractivity contribution in [3.8, 4) is 0 Å². The molecular weight excluding hydrogens is 263 g/mol. The van der Waals surface area contributed by atoms with Gasteiger partial charge in [-0.25, -0.2) is 0 Å². The molecule has 0 unspecified atom stereocenters. The molecule has 0 radical (unpaired) electrons. The van der Waals surface area contributed by atoms with Gasteiger partial charge in [0.05, 0.1) is 5.60 Å². The number of aryl methyl sites for hydroxylation is 1. The molecule has 0 aromatic heterocycles. The van der Waals surface area contributed by atoms with Crippen molar-refractivity contribution in [2.24, 2.45) is 0 Å². The molecule has 66 valence electrons. The predicted octanol–water partition coefficient (Wildman–Crippen LogP) is 2.83. The highest BCUT2D eigenvalue weighted by Crippen LogP contribution is 2.22. The fraction of sp³-hybridized carbons (Fsp3) is 0.400. The minimum atomic E-state index is -0.727. The molecule has 0 heterocycles. The van der Waals surface area contributed by atoms with Crippen LogP contribution in [0, 0.1) is 10.5 Å². The van der Waals surface area contributed by atoms with Gasteiger partial charge in [-0.1, -0.05) is 12.1 Å². The number of hydrogen-bond donors (Lipinski definition) is 1. The van der Waals surface area contributed by atoms with E-state index >= 15 is 0 Å². The molecule has 0 spiro atoms. The smallest absolute Gasteiger partial charge is 0.0840 e. The van der Waals surface area contributed by atoms with Gasteiger partial charge in [0.1, 0.15) is 0 Å². The van der Waals surface area contributed by atoms with E-state index in [1.165, 1.54) is 9.13 Å². The van der Waals surface area contributed by atoms with Crippen LogP contribution in [0.2, 0.25) is 0 Å². The second kappa shape index (κ2) is 3.34. The van der Waals surface area contributed by atoms with Crippen LogP contribution in [0.5, 0.6) is 0 Å². The highest BCUT2D eigenvalue weighted by molar-refractivity contribution is 14.1. The molecule has 0 aliphatic rings. The Hall–Kier alpha value is -0.0900. The van der Waals surface area contributed by atoms with E-state index < -0.39 is 5.60 Å². The Kier molecular flexibility index (Phi) is 2.78. The number of halogens is 1. The van der Waals surface area contributed by atoms with Crippen molar-refractivity contribution in [2.75, 3.05) is 0 Å². The maximum absolute atomic E-state index is 9.70. The van der Waals surface area contributed by atoms with E-state index in [2.05, 4.69) is 29.5 Å². The summed E-state index contributed by atoms with van der Waals surface area (Å²) in [5.41, 5.74) is 1.46. The summed E-state index contributed by atoms with van der Waals surface area (Å²) in [4.78, 5) is 0. The van der Waals surface area contributed by atoms with Crippen molar-refractivity contribution in [1.29, 1.82) is 0 Å². The van der Waals surface area contributed by atoms with Crippen LogP contribution in [0.4, 0.5) is 0 Å². The predicted molar refractivity (Wildman–Crippen MR) is 59.1 cm³/mol. The lowest BCUT2D eigenvalue weighted by atomic mass is 9.97. The monoisotopic (exact) mass is 276 g/mol. The van der Waals surface area contributed by atoms with Crippen molar-refractivity contribution < 1.29 is 5.11 Å². The first kappa shape index (κ1) is 9.99. The molecule has 12 heavy (non-hydrogen) atoms. The van der Waals surface area contributed by atoms with Gasteiger partial charge in [0.25, 0.3) is 0 Å². The normalized spacial score (nSPS) is 11.8. The van der Waals surface area contributed by atoms with Crippen LogP contribution in [0.1, 0.15) is 25.0 Å². The van der Waals surface area contributed by atoms with Gasteiger partial charge in [-0.2, -0.15) is 0 Å². The third-order valence-corrected chi connectivity index (χ3v) is 3.07. The fourth-order valence-corrected chi connectivity index (χ4v) is 1.36. The van der Waals surface area contributed by atoms with Crippen LogP contribution in [0.15, 0.2) is 18.2 Å². The van der Waals surface area contributed by atoms with E-state index in [0.29, 0.717) is 0 Å². The second-order valence-corrected chi connectivity index (χ2v) is 4.69. The molecule has 2 heteroatoms. The highest BCUT2D eigenvalue weighted by Gasteiger charge is 2.15.